The first-order valence-electron chi connectivity index (χ1n) is 6.83. The van der Waals surface area contributed by atoms with Gasteiger partial charge < -0.3 is 14.7 Å². The van der Waals surface area contributed by atoms with Crippen LogP contribution in [0.15, 0.2) is 22.9 Å². The van der Waals surface area contributed by atoms with E-state index in [1.54, 1.807) is 18.5 Å². The van der Waals surface area contributed by atoms with Crippen molar-refractivity contribution in [1.82, 2.24) is 9.88 Å². The van der Waals surface area contributed by atoms with Gasteiger partial charge in [0.25, 0.3) is 5.91 Å². The molecule has 2 heterocycles. The van der Waals surface area contributed by atoms with Crippen molar-refractivity contribution in [2.24, 2.45) is 0 Å². The third-order valence-electron chi connectivity index (χ3n) is 3.34. The van der Waals surface area contributed by atoms with Gasteiger partial charge in [0.15, 0.2) is 0 Å². The number of aliphatic hydroxyl groups excluding tert-OH is 1. The van der Waals surface area contributed by atoms with Gasteiger partial charge in [0.1, 0.15) is 0 Å². The fraction of sp³-hybridized carbons (Fsp3) is 0.571. The fourth-order valence-corrected chi connectivity index (χ4v) is 2.62. The third-order valence-corrected chi connectivity index (χ3v) is 3.77. The smallest absolute Gasteiger partial charge is 0.255 e. The van der Waals surface area contributed by atoms with E-state index in [9.17, 15) is 4.79 Å². The second-order valence-corrected chi connectivity index (χ2v) is 5.75. The Morgan fingerprint density at radius 3 is 2.85 bits per heavy atom. The van der Waals surface area contributed by atoms with Gasteiger partial charge in [-0.15, -0.1) is 0 Å². The van der Waals surface area contributed by atoms with E-state index >= 15 is 0 Å². The summed E-state index contributed by atoms with van der Waals surface area (Å²) in [5.41, 5.74) is 0.610. The number of ether oxygens (including phenoxy) is 1. The monoisotopic (exact) mass is 342 g/mol. The van der Waals surface area contributed by atoms with Crippen molar-refractivity contribution in [1.29, 1.82) is 0 Å². The average Bonchev–Trinajstić information content (AvgIpc) is 2.47. The van der Waals surface area contributed by atoms with Crippen LogP contribution in [0, 0.1) is 0 Å². The molecule has 0 unspecified atom stereocenters. The Morgan fingerprint density at radius 2 is 2.20 bits per heavy atom. The number of nitrogens with zero attached hydrogens (tertiary/aromatic N) is 2. The zero-order valence-electron chi connectivity index (χ0n) is 11.3. The molecule has 5 nitrogen and oxygen atoms in total. The van der Waals surface area contributed by atoms with Crippen molar-refractivity contribution in [2.45, 2.75) is 25.4 Å². The molecule has 1 aliphatic rings. The molecule has 0 spiro atoms. The zero-order chi connectivity index (χ0) is 14.4. The predicted molar refractivity (Wildman–Crippen MR) is 78.5 cm³/mol. The van der Waals surface area contributed by atoms with E-state index in [2.05, 4.69) is 20.9 Å². The van der Waals surface area contributed by atoms with Gasteiger partial charge in [0, 0.05) is 43.2 Å². The molecule has 0 aliphatic carbocycles. The Bertz CT molecular complexity index is 448. The second-order valence-electron chi connectivity index (χ2n) is 4.83. The molecule has 110 valence electrons. The van der Waals surface area contributed by atoms with Crippen LogP contribution in [-0.2, 0) is 4.74 Å². The molecule has 1 aromatic rings. The Hall–Kier alpha value is -0.980. The molecule has 0 aromatic carbocycles. The third kappa shape index (κ3) is 4.26. The van der Waals surface area contributed by atoms with E-state index in [1.807, 2.05) is 4.90 Å². The minimum atomic E-state index is 0.0209. The minimum absolute atomic E-state index is 0.0209. The number of carbonyl (C=O) groups is 1. The molecule has 0 bridgehead atoms. The van der Waals surface area contributed by atoms with Crippen molar-refractivity contribution in [3.8, 4) is 0 Å². The molecule has 1 aromatic heterocycles. The summed E-state index contributed by atoms with van der Waals surface area (Å²) in [5.74, 6) is 0.0209. The van der Waals surface area contributed by atoms with Gasteiger partial charge in [-0.2, -0.15) is 0 Å². The van der Waals surface area contributed by atoms with Crippen molar-refractivity contribution >= 4 is 21.8 Å². The maximum absolute atomic E-state index is 12.3. The van der Waals surface area contributed by atoms with Gasteiger partial charge in [0.2, 0.25) is 0 Å². The molecule has 1 N–H and O–H groups in total. The lowest BCUT2D eigenvalue weighted by molar-refractivity contribution is 0.00396. The number of piperidine rings is 1. The van der Waals surface area contributed by atoms with Gasteiger partial charge in [-0.1, -0.05) is 0 Å². The quantitative estimate of drug-likeness (QED) is 0.829. The molecule has 6 heteroatoms. The first-order valence-corrected chi connectivity index (χ1v) is 7.62. The minimum Gasteiger partial charge on any atom is -0.396 e. The van der Waals surface area contributed by atoms with E-state index in [0.29, 0.717) is 31.7 Å². The van der Waals surface area contributed by atoms with E-state index in [-0.39, 0.29) is 18.6 Å². The van der Waals surface area contributed by atoms with Crippen LogP contribution in [0.3, 0.4) is 0 Å². The van der Waals surface area contributed by atoms with Gasteiger partial charge >= 0.3 is 0 Å². The SMILES string of the molecule is O=C(c1cncc(Br)c1)N1CCC(OCCCO)CC1. The highest BCUT2D eigenvalue weighted by molar-refractivity contribution is 9.10. The van der Waals surface area contributed by atoms with Crippen LogP contribution < -0.4 is 0 Å². The van der Waals surface area contributed by atoms with Crippen LogP contribution in [0.4, 0.5) is 0 Å². The van der Waals surface area contributed by atoms with Crippen LogP contribution in [0.25, 0.3) is 0 Å². The van der Waals surface area contributed by atoms with Gasteiger partial charge in [-0.3, -0.25) is 9.78 Å². The molecule has 1 amide bonds. The van der Waals surface area contributed by atoms with Gasteiger partial charge in [-0.25, -0.2) is 0 Å². The Labute approximate surface area is 127 Å². The molecule has 1 saturated heterocycles. The van der Waals surface area contributed by atoms with Crippen molar-refractivity contribution in [2.75, 3.05) is 26.3 Å². The Balaban J connectivity index is 1.83. The summed E-state index contributed by atoms with van der Waals surface area (Å²) < 4.78 is 6.47. The van der Waals surface area contributed by atoms with Crippen molar-refractivity contribution in [3.05, 3.63) is 28.5 Å². The van der Waals surface area contributed by atoms with Crippen LogP contribution in [0.1, 0.15) is 29.6 Å². The van der Waals surface area contributed by atoms with Crippen LogP contribution in [0.5, 0.6) is 0 Å². The van der Waals surface area contributed by atoms with E-state index < -0.39 is 0 Å². The fourth-order valence-electron chi connectivity index (χ4n) is 2.25. The molecular weight excluding hydrogens is 324 g/mol. The lowest BCUT2D eigenvalue weighted by Gasteiger charge is -2.32. The Morgan fingerprint density at radius 1 is 1.45 bits per heavy atom. The van der Waals surface area contributed by atoms with Gasteiger partial charge in [-0.05, 0) is 41.3 Å². The van der Waals surface area contributed by atoms with Crippen LogP contribution in [0.2, 0.25) is 0 Å². The summed E-state index contributed by atoms with van der Waals surface area (Å²) in [4.78, 5) is 18.2. The second kappa shape index (κ2) is 7.71. The van der Waals surface area contributed by atoms with E-state index in [4.69, 9.17) is 9.84 Å². The summed E-state index contributed by atoms with van der Waals surface area (Å²) in [6.45, 7) is 2.15. The number of aliphatic hydroxyl groups is 1. The number of amides is 1. The number of pyridine rings is 1. The highest BCUT2D eigenvalue weighted by Gasteiger charge is 2.24. The summed E-state index contributed by atoms with van der Waals surface area (Å²) in [7, 11) is 0. The normalized spacial score (nSPS) is 16.4. The summed E-state index contributed by atoms with van der Waals surface area (Å²) in [6, 6.07) is 1.79. The summed E-state index contributed by atoms with van der Waals surface area (Å²) >= 11 is 3.33. The predicted octanol–water partition coefficient (Wildman–Crippen LogP) is 1.85. The number of rotatable bonds is 5. The van der Waals surface area contributed by atoms with E-state index in [1.165, 1.54) is 0 Å². The van der Waals surface area contributed by atoms with Crippen LogP contribution in [-0.4, -0.2) is 53.3 Å². The molecule has 1 aliphatic heterocycles. The lowest BCUT2D eigenvalue weighted by atomic mass is 10.1. The average molecular weight is 343 g/mol. The molecule has 1 fully saturated rings. The molecule has 2 rings (SSSR count). The van der Waals surface area contributed by atoms with Crippen molar-refractivity contribution in [3.63, 3.8) is 0 Å². The highest BCUT2D eigenvalue weighted by Crippen LogP contribution is 2.17. The summed E-state index contributed by atoms with van der Waals surface area (Å²) in [6.07, 6.45) is 5.82. The number of aromatic nitrogens is 1. The molecule has 20 heavy (non-hydrogen) atoms. The number of hydrogen-bond acceptors (Lipinski definition) is 4. The topological polar surface area (TPSA) is 62.7 Å². The van der Waals surface area contributed by atoms with Crippen molar-refractivity contribution < 1.29 is 14.6 Å². The molecule has 0 saturated carbocycles. The molecule has 0 radical (unpaired) electrons. The van der Waals surface area contributed by atoms with Crippen LogP contribution >= 0.6 is 15.9 Å². The first-order chi connectivity index (χ1) is 9.70. The Kier molecular flexibility index (Phi) is 5.94. The summed E-state index contributed by atoms with van der Waals surface area (Å²) in [5, 5.41) is 8.72. The lowest BCUT2D eigenvalue weighted by Crippen LogP contribution is -2.41. The maximum Gasteiger partial charge on any atom is 0.255 e. The molecular formula is C14H19BrN2O3. The largest absolute Gasteiger partial charge is 0.396 e. The van der Waals surface area contributed by atoms with Gasteiger partial charge in [0.05, 0.1) is 11.7 Å². The number of halogens is 1. The highest BCUT2D eigenvalue weighted by atomic mass is 79.9. The zero-order valence-corrected chi connectivity index (χ0v) is 12.9. The number of hydrogen-bond donors (Lipinski definition) is 1. The number of likely N-dealkylation sites (tertiary alicyclic amines) is 1. The maximum atomic E-state index is 12.3. The first kappa shape index (κ1) is 15.4. The van der Waals surface area contributed by atoms with E-state index in [0.717, 1.165) is 17.3 Å². The molecule has 0 atom stereocenters. The number of carbonyl (C=O) groups excluding carboxylic acids is 1. The standard InChI is InChI=1S/C14H19BrN2O3/c15-12-8-11(9-16-10-12)14(19)17-4-2-13(3-5-17)20-7-1-6-18/h8-10,13,18H,1-7H2.